The zero-order valence-electron chi connectivity index (χ0n) is 11.9. The van der Waals surface area contributed by atoms with Gasteiger partial charge in [-0.1, -0.05) is 24.3 Å². The molecule has 1 aliphatic carbocycles. The molecule has 1 aliphatic rings. The Morgan fingerprint density at radius 3 is 2.89 bits per heavy atom. The number of nitrogens with one attached hydrogen (secondary N) is 1. The highest BCUT2D eigenvalue weighted by atomic mass is 15.1. The lowest BCUT2D eigenvalue weighted by atomic mass is 9.87. The van der Waals surface area contributed by atoms with Crippen LogP contribution in [0.25, 0.3) is 0 Å². The molecule has 0 heterocycles. The Hall–Kier alpha value is -0.860. The first-order valence-corrected chi connectivity index (χ1v) is 7.15. The SMILES string of the molecule is CC(CCN(C)C)NC1CCCc2ccccc21. The summed E-state index contributed by atoms with van der Waals surface area (Å²) in [6.45, 7) is 3.46. The van der Waals surface area contributed by atoms with Gasteiger partial charge in [-0.05, 0) is 64.4 Å². The average molecular weight is 246 g/mol. The molecular weight excluding hydrogens is 220 g/mol. The van der Waals surface area contributed by atoms with Crippen LogP contribution in [0.15, 0.2) is 24.3 Å². The molecule has 2 rings (SSSR count). The molecule has 0 spiro atoms. The second kappa shape index (κ2) is 6.35. The molecule has 0 radical (unpaired) electrons. The molecule has 18 heavy (non-hydrogen) atoms. The van der Waals surface area contributed by atoms with E-state index in [0.717, 1.165) is 6.54 Å². The van der Waals surface area contributed by atoms with Gasteiger partial charge in [0.2, 0.25) is 0 Å². The van der Waals surface area contributed by atoms with E-state index >= 15 is 0 Å². The van der Waals surface area contributed by atoms with Gasteiger partial charge in [0, 0.05) is 12.1 Å². The number of benzene rings is 1. The lowest BCUT2D eigenvalue weighted by molar-refractivity contribution is 0.338. The lowest BCUT2D eigenvalue weighted by Gasteiger charge is -2.29. The van der Waals surface area contributed by atoms with Crippen molar-refractivity contribution >= 4 is 0 Å². The average Bonchev–Trinajstić information content (AvgIpc) is 2.37. The highest BCUT2D eigenvalue weighted by Gasteiger charge is 2.20. The molecule has 0 amide bonds. The molecule has 0 saturated heterocycles. The standard InChI is InChI=1S/C16H26N2/c1-13(11-12-18(2)3)17-16-10-6-8-14-7-4-5-9-15(14)16/h4-5,7,9,13,16-17H,6,8,10-12H2,1-3H3. The monoisotopic (exact) mass is 246 g/mol. The lowest BCUT2D eigenvalue weighted by Crippen LogP contribution is -2.34. The molecule has 100 valence electrons. The Balaban J connectivity index is 1.94. The fourth-order valence-electron chi connectivity index (χ4n) is 2.81. The maximum atomic E-state index is 3.80. The fraction of sp³-hybridized carbons (Fsp3) is 0.625. The number of nitrogens with zero attached hydrogens (tertiary/aromatic N) is 1. The molecule has 2 nitrogen and oxygen atoms in total. The summed E-state index contributed by atoms with van der Waals surface area (Å²) < 4.78 is 0. The van der Waals surface area contributed by atoms with Crippen molar-refractivity contribution in [2.75, 3.05) is 20.6 Å². The molecule has 0 aromatic heterocycles. The van der Waals surface area contributed by atoms with Gasteiger partial charge in [0.05, 0.1) is 0 Å². The maximum absolute atomic E-state index is 3.80. The number of hydrogen-bond donors (Lipinski definition) is 1. The van der Waals surface area contributed by atoms with E-state index in [9.17, 15) is 0 Å². The first-order chi connectivity index (χ1) is 8.66. The van der Waals surface area contributed by atoms with Crippen LogP contribution in [0.2, 0.25) is 0 Å². The van der Waals surface area contributed by atoms with Gasteiger partial charge in [-0.15, -0.1) is 0 Å². The van der Waals surface area contributed by atoms with E-state index in [1.807, 2.05) is 0 Å². The molecule has 1 N–H and O–H groups in total. The molecule has 2 atom stereocenters. The summed E-state index contributed by atoms with van der Waals surface area (Å²) in [5, 5.41) is 3.80. The van der Waals surface area contributed by atoms with Crippen LogP contribution < -0.4 is 5.32 Å². The van der Waals surface area contributed by atoms with E-state index in [4.69, 9.17) is 0 Å². The number of fused-ring (bicyclic) bond motifs is 1. The maximum Gasteiger partial charge on any atom is 0.0325 e. The van der Waals surface area contributed by atoms with Gasteiger partial charge in [0.25, 0.3) is 0 Å². The van der Waals surface area contributed by atoms with Gasteiger partial charge in [0.1, 0.15) is 0 Å². The number of rotatable bonds is 5. The summed E-state index contributed by atoms with van der Waals surface area (Å²) in [6.07, 6.45) is 5.06. The fourth-order valence-corrected chi connectivity index (χ4v) is 2.81. The molecule has 0 aliphatic heterocycles. The number of hydrogen-bond acceptors (Lipinski definition) is 2. The minimum absolute atomic E-state index is 0.562. The van der Waals surface area contributed by atoms with Crippen LogP contribution >= 0.6 is 0 Å². The van der Waals surface area contributed by atoms with Crippen molar-refractivity contribution < 1.29 is 0 Å². The van der Waals surface area contributed by atoms with E-state index in [1.54, 1.807) is 5.56 Å². The molecule has 1 aromatic rings. The first kappa shape index (κ1) is 13.6. The van der Waals surface area contributed by atoms with Gasteiger partial charge < -0.3 is 10.2 Å². The minimum Gasteiger partial charge on any atom is -0.309 e. The van der Waals surface area contributed by atoms with Crippen LogP contribution in [-0.2, 0) is 6.42 Å². The summed E-state index contributed by atoms with van der Waals surface area (Å²) >= 11 is 0. The summed E-state index contributed by atoms with van der Waals surface area (Å²) in [4.78, 5) is 2.26. The summed E-state index contributed by atoms with van der Waals surface area (Å²) in [5.74, 6) is 0. The van der Waals surface area contributed by atoms with Crippen molar-refractivity contribution in [3.8, 4) is 0 Å². The van der Waals surface area contributed by atoms with Gasteiger partial charge in [-0.3, -0.25) is 0 Å². The summed E-state index contributed by atoms with van der Waals surface area (Å²) in [7, 11) is 4.28. The second-order valence-electron chi connectivity index (χ2n) is 5.80. The van der Waals surface area contributed by atoms with Crippen LogP contribution in [0.4, 0.5) is 0 Å². The molecule has 0 bridgehead atoms. The van der Waals surface area contributed by atoms with Gasteiger partial charge in [-0.2, -0.15) is 0 Å². The Bertz CT molecular complexity index is 373. The van der Waals surface area contributed by atoms with E-state index < -0.39 is 0 Å². The zero-order valence-corrected chi connectivity index (χ0v) is 11.9. The van der Waals surface area contributed by atoms with Crippen molar-refractivity contribution in [3.05, 3.63) is 35.4 Å². The van der Waals surface area contributed by atoms with Crippen molar-refractivity contribution in [2.45, 2.75) is 44.7 Å². The normalized spacial score (nSPS) is 20.8. The highest BCUT2D eigenvalue weighted by Crippen LogP contribution is 2.29. The molecular formula is C16H26N2. The molecule has 1 aromatic carbocycles. The smallest absolute Gasteiger partial charge is 0.0325 e. The third-order valence-electron chi connectivity index (χ3n) is 3.86. The molecule has 0 fully saturated rings. The Kier molecular flexibility index (Phi) is 4.79. The van der Waals surface area contributed by atoms with Gasteiger partial charge in [0.15, 0.2) is 0 Å². The molecule has 0 saturated carbocycles. The van der Waals surface area contributed by atoms with Crippen molar-refractivity contribution in [1.82, 2.24) is 10.2 Å². The predicted octanol–water partition coefficient (Wildman–Crippen LogP) is 2.99. The van der Waals surface area contributed by atoms with E-state index in [1.165, 1.54) is 31.2 Å². The quantitative estimate of drug-likeness (QED) is 0.859. The largest absolute Gasteiger partial charge is 0.309 e. The first-order valence-electron chi connectivity index (χ1n) is 7.15. The zero-order chi connectivity index (χ0) is 13.0. The van der Waals surface area contributed by atoms with E-state index in [2.05, 4.69) is 55.5 Å². The Labute approximate surface area is 111 Å². The van der Waals surface area contributed by atoms with Crippen LogP contribution in [0.1, 0.15) is 43.4 Å². The topological polar surface area (TPSA) is 15.3 Å². The van der Waals surface area contributed by atoms with E-state index in [0.29, 0.717) is 12.1 Å². The number of aryl methyl sites for hydroxylation is 1. The third-order valence-corrected chi connectivity index (χ3v) is 3.86. The van der Waals surface area contributed by atoms with Crippen LogP contribution in [0.5, 0.6) is 0 Å². The third kappa shape index (κ3) is 3.56. The van der Waals surface area contributed by atoms with Crippen LogP contribution in [0, 0.1) is 0 Å². The molecule has 2 unspecified atom stereocenters. The van der Waals surface area contributed by atoms with Gasteiger partial charge >= 0.3 is 0 Å². The van der Waals surface area contributed by atoms with Gasteiger partial charge in [-0.25, -0.2) is 0 Å². The van der Waals surface area contributed by atoms with Crippen molar-refractivity contribution in [1.29, 1.82) is 0 Å². The van der Waals surface area contributed by atoms with Crippen LogP contribution in [0.3, 0.4) is 0 Å². The van der Waals surface area contributed by atoms with E-state index in [-0.39, 0.29) is 0 Å². The predicted molar refractivity (Wildman–Crippen MR) is 77.9 cm³/mol. The molecule has 2 heteroatoms. The summed E-state index contributed by atoms with van der Waals surface area (Å²) in [6, 6.07) is 10.1. The van der Waals surface area contributed by atoms with Crippen LogP contribution in [-0.4, -0.2) is 31.6 Å². The van der Waals surface area contributed by atoms with Crippen molar-refractivity contribution in [3.63, 3.8) is 0 Å². The summed E-state index contributed by atoms with van der Waals surface area (Å²) in [5.41, 5.74) is 3.07. The Morgan fingerprint density at radius 2 is 2.11 bits per heavy atom. The Morgan fingerprint density at radius 1 is 1.33 bits per heavy atom. The highest BCUT2D eigenvalue weighted by molar-refractivity contribution is 5.32. The van der Waals surface area contributed by atoms with Crippen molar-refractivity contribution in [2.24, 2.45) is 0 Å². The minimum atomic E-state index is 0.562. The second-order valence-corrected chi connectivity index (χ2v) is 5.80.